The van der Waals surface area contributed by atoms with Crippen molar-refractivity contribution in [1.82, 2.24) is 29.9 Å². The van der Waals surface area contributed by atoms with Crippen LogP contribution < -0.4 is 0 Å². The summed E-state index contributed by atoms with van der Waals surface area (Å²) in [4.78, 5) is 18.4. The van der Waals surface area contributed by atoms with E-state index in [9.17, 15) is 4.79 Å². The van der Waals surface area contributed by atoms with Crippen molar-refractivity contribution in [2.45, 2.75) is 32.7 Å². The number of H-pyrrole nitrogens is 1. The number of hydrogen-bond acceptors (Lipinski definition) is 4. The number of piperidine rings is 1. The Bertz CT molecular complexity index is 1360. The van der Waals surface area contributed by atoms with Gasteiger partial charge in [0.25, 0.3) is 0 Å². The van der Waals surface area contributed by atoms with E-state index in [0.717, 1.165) is 57.5 Å². The maximum Gasteiger partial charge on any atom is 0.245 e. The lowest BCUT2D eigenvalue weighted by Gasteiger charge is -2.32. The average Bonchev–Trinajstić information content (AvgIpc) is 3.44. The van der Waals surface area contributed by atoms with Crippen LogP contribution in [0.2, 0.25) is 5.02 Å². The Labute approximate surface area is 197 Å². The monoisotopic (exact) mass is 460 g/mol. The van der Waals surface area contributed by atoms with E-state index in [1.165, 1.54) is 6.08 Å². The van der Waals surface area contributed by atoms with Gasteiger partial charge in [-0.3, -0.25) is 19.6 Å². The topological polar surface area (TPSA) is 79.7 Å². The number of benzene rings is 1. The van der Waals surface area contributed by atoms with Gasteiger partial charge in [0.2, 0.25) is 5.91 Å². The van der Waals surface area contributed by atoms with Crippen molar-refractivity contribution in [3.05, 3.63) is 65.7 Å². The Morgan fingerprint density at radius 2 is 2.00 bits per heavy atom. The number of carbonyl (C=O) groups is 1. The van der Waals surface area contributed by atoms with Crippen LogP contribution in [0.3, 0.4) is 0 Å². The molecule has 1 fully saturated rings. The van der Waals surface area contributed by atoms with E-state index in [1.54, 1.807) is 6.20 Å². The lowest BCUT2D eigenvalue weighted by Crippen LogP contribution is -2.38. The van der Waals surface area contributed by atoms with Crippen LogP contribution in [0, 0.1) is 13.8 Å². The molecular formula is C25H25ClN6O. The summed E-state index contributed by atoms with van der Waals surface area (Å²) in [5, 5.41) is 14.0. The van der Waals surface area contributed by atoms with Gasteiger partial charge in [-0.1, -0.05) is 18.2 Å². The molecule has 7 nitrogen and oxygen atoms in total. The van der Waals surface area contributed by atoms with Crippen LogP contribution in [0.15, 0.2) is 49.3 Å². The summed E-state index contributed by atoms with van der Waals surface area (Å²) in [5.41, 5.74) is 6.62. The minimum Gasteiger partial charge on any atom is -0.339 e. The van der Waals surface area contributed by atoms with E-state index in [-0.39, 0.29) is 11.9 Å². The Morgan fingerprint density at radius 3 is 2.73 bits per heavy atom. The summed E-state index contributed by atoms with van der Waals surface area (Å²) in [6.07, 6.45) is 6.65. The molecule has 1 aromatic carbocycles. The Morgan fingerprint density at radius 1 is 1.21 bits per heavy atom. The zero-order chi connectivity index (χ0) is 23.1. The second-order valence-corrected chi connectivity index (χ2v) is 8.81. The van der Waals surface area contributed by atoms with Crippen LogP contribution in [0.1, 0.15) is 30.3 Å². The third kappa shape index (κ3) is 3.62. The van der Waals surface area contributed by atoms with E-state index < -0.39 is 0 Å². The van der Waals surface area contributed by atoms with Gasteiger partial charge >= 0.3 is 0 Å². The second kappa shape index (κ2) is 8.48. The van der Waals surface area contributed by atoms with Crippen molar-refractivity contribution in [1.29, 1.82) is 0 Å². The average molecular weight is 461 g/mol. The van der Waals surface area contributed by atoms with E-state index in [1.807, 2.05) is 42.3 Å². The first kappa shape index (κ1) is 21.4. The predicted molar refractivity (Wildman–Crippen MR) is 130 cm³/mol. The molecular weight excluding hydrogens is 436 g/mol. The number of pyridine rings is 1. The summed E-state index contributed by atoms with van der Waals surface area (Å²) >= 11 is 6.78. The van der Waals surface area contributed by atoms with Crippen LogP contribution >= 0.6 is 11.6 Å². The minimum absolute atomic E-state index is 0.0172. The van der Waals surface area contributed by atoms with E-state index >= 15 is 0 Å². The molecule has 33 heavy (non-hydrogen) atoms. The molecule has 0 aliphatic carbocycles. The van der Waals surface area contributed by atoms with Gasteiger partial charge in [0, 0.05) is 57.8 Å². The van der Waals surface area contributed by atoms with Crippen molar-refractivity contribution in [2.24, 2.45) is 0 Å². The highest BCUT2D eigenvalue weighted by Crippen LogP contribution is 2.43. The standard InChI is InChI=1S/C25H25ClN6O/c1-4-22(33)31-12-9-17(10-13-31)32-16(3)23(25(30-32)18-6-5-11-27-15(18)2)24-19-14-28-29-21(19)8-7-20(24)26/h4-8,11,14,17H,1,9-10,12-13H2,2-3H3,(H,28,29). The number of aromatic amines is 1. The van der Waals surface area contributed by atoms with Gasteiger partial charge in [-0.2, -0.15) is 10.2 Å². The van der Waals surface area contributed by atoms with Crippen molar-refractivity contribution < 1.29 is 4.79 Å². The van der Waals surface area contributed by atoms with E-state index in [4.69, 9.17) is 16.7 Å². The summed E-state index contributed by atoms with van der Waals surface area (Å²) < 4.78 is 2.11. The quantitative estimate of drug-likeness (QED) is 0.429. The highest BCUT2D eigenvalue weighted by molar-refractivity contribution is 6.35. The first-order valence-corrected chi connectivity index (χ1v) is 11.4. The number of hydrogen-bond donors (Lipinski definition) is 1. The maximum atomic E-state index is 12.0. The molecule has 0 atom stereocenters. The fourth-order valence-corrected chi connectivity index (χ4v) is 5.06. The zero-order valence-electron chi connectivity index (χ0n) is 18.7. The number of nitrogens with zero attached hydrogens (tertiary/aromatic N) is 5. The molecule has 8 heteroatoms. The van der Waals surface area contributed by atoms with Gasteiger partial charge < -0.3 is 4.90 Å². The van der Waals surface area contributed by atoms with Crippen LogP contribution in [0.4, 0.5) is 0 Å². The number of aromatic nitrogens is 5. The molecule has 1 saturated heterocycles. The number of amides is 1. The van der Waals surface area contributed by atoms with Crippen molar-refractivity contribution in [3.8, 4) is 22.4 Å². The summed E-state index contributed by atoms with van der Waals surface area (Å²) in [7, 11) is 0. The van der Waals surface area contributed by atoms with Crippen LogP contribution in [-0.4, -0.2) is 48.9 Å². The highest BCUT2D eigenvalue weighted by Gasteiger charge is 2.29. The van der Waals surface area contributed by atoms with Gasteiger partial charge in [-0.05, 0) is 57.0 Å². The summed E-state index contributed by atoms with van der Waals surface area (Å²) in [6.45, 7) is 9.06. The molecule has 1 amide bonds. The second-order valence-electron chi connectivity index (χ2n) is 8.40. The van der Waals surface area contributed by atoms with Crippen LogP contribution in [0.25, 0.3) is 33.3 Å². The van der Waals surface area contributed by atoms with Gasteiger partial charge in [-0.25, -0.2) is 0 Å². The van der Waals surface area contributed by atoms with Crippen LogP contribution in [0.5, 0.6) is 0 Å². The van der Waals surface area contributed by atoms with Gasteiger partial charge in [-0.15, -0.1) is 0 Å². The molecule has 1 aliphatic rings. The Kier molecular flexibility index (Phi) is 5.50. The van der Waals surface area contributed by atoms with E-state index in [2.05, 4.69) is 33.4 Å². The molecule has 0 bridgehead atoms. The number of rotatable bonds is 4. The van der Waals surface area contributed by atoms with Crippen molar-refractivity contribution >= 4 is 28.4 Å². The molecule has 4 heterocycles. The van der Waals surface area contributed by atoms with Gasteiger partial charge in [0.15, 0.2) is 0 Å². The number of nitrogens with one attached hydrogen (secondary N) is 1. The third-order valence-corrected chi connectivity index (χ3v) is 6.85. The SMILES string of the molecule is C=CC(=O)N1CCC(n2nc(-c3cccnc3C)c(-c3c(Cl)ccc4[nH]ncc34)c2C)CC1. The van der Waals surface area contributed by atoms with E-state index in [0.29, 0.717) is 18.1 Å². The molecule has 3 aromatic heterocycles. The van der Waals surface area contributed by atoms with Crippen molar-refractivity contribution in [2.75, 3.05) is 13.1 Å². The van der Waals surface area contributed by atoms with Gasteiger partial charge in [0.1, 0.15) is 5.69 Å². The third-order valence-electron chi connectivity index (χ3n) is 6.53. The number of carbonyl (C=O) groups excluding carboxylic acids is 1. The molecule has 5 rings (SSSR count). The molecule has 4 aromatic rings. The van der Waals surface area contributed by atoms with Gasteiger partial charge in [0.05, 0.1) is 17.8 Å². The minimum atomic E-state index is -0.0172. The lowest BCUT2D eigenvalue weighted by atomic mass is 9.95. The number of likely N-dealkylation sites (tertiary alicyclic amines) is 1. The first-order chi connectivity index (χ1) is 16.0. The summed E-state index contributed by atoms with van der Waals surface area (Å²) in [5.74, 6) is -0.0172. The fraction of sp³-hybridized carbons (Fsp3) is 0.280. The molecule has 0 unspecified atom stereocenters. The zero-order valence-corrected chi connectivity index (χ0v) is 19.4. The Balaban J connectivity index is 1.68. The molecule has 168 valence electrons. The van der Waals surface area contributed by atoms with Crippen LogP contribution in [-0.2, 0) is 4.79 Å². The first-order valence-electron chi connectivity index (χ1n) is 11.0. The lowest BCUT2D eigenvalue weighted by molar-refractivity contribution is -0.127. The highest BCUT2D eigenvalue weighted by atomic mass is 35.5. The molecule has 0 saturated carbocycles. The summed E-state index contributed by atoms with van der Waals surface area (Å²) in [6, 6.07) is 8.00. The number of halogens is 1. The Hall–Kier alpha value is -3.45. The molecule has 1 N–H and O–H groups in total. The normalized spacial score (nSPS) is 14.7. The number of fused-ring (bicyclic) bond motifs is 1. The molecule has 0 radical (unpaired) electrons. The van der Waals surface area contributed by atoms with Crippen molar-refractivity contribution in [3.63, 3.8) is 0 Å². The maximum absolute atomic E-state index is 12.0. The fourth-order valence-electron chi connectivity index (χ4n) is 4.80. The molecule has 1 aliphatic heterocycles. The predicted octanol–water partition coefficient (Wildman–Crippen LogP) is 5.11. The smallest absolute Gasteiger partial charge is 0.245 e. The largest absolute Gasteiger partial charge is 0.339 e. The number of aryl methyl sites for hydroxylation is 1. The molecule has 0 spiro atoms.